The van der Waals surface area contributed by atoms with Crippen molar-refractivity contribution in [2.75, 3.05) is 13.2 Å². The molecule has 0 unspecified atom stereocenters. The number of esters is 2. The minimum Gasteiger partial charge on any atom is -0.463 e. The van der Waals surface area contributed by atoms with E-state index in [2.05, 4.69) is 10.6 Å². The highest BCUT2D eigenvalue weighted by Gasteiger charge is 2.32. The molecule has 2 N–H and O–H groups in total. The monoisotopic (exact) mass is 400 g/mol. The third-order valence-corrected chi connectivity index (χ3v) is 4.39. The highest BCUT2D eigenvalue weighted by Crippen LogP contribution is 2.23. The van der Waals surface area contributed by atoms with Crippen LogP contribution in [0.15, 0.2) is 29.5 Å². The van der Waals surface area contributed by atoms with E-state index in [9.17, 15) is 14.4 Å². The smallest absolute Gasteiger partial charge is 0.338 e. The second-order valence-electron chi connectivity index (χ2n) is 5.38. The van der Waals surface area contributed by atoms with E-state index in [0.29, 0.717) is 11.4 Å². The zero-order chi connectivity index (χ0) is 19.3. The summed E-state index contributed by atoms with van der Waals surface area (Å²) < 4.78 is 10.3. The predicted octanol–water partition coefficient (Wildman–Crippen LogP) is 3.06. The van der Waals surface area contributed by atoms with Crippen molar-refractivity contribution < 1.29 is 23.9 Å². The van der Waals surface area contributed by atoms with Crippen LogP contribution in [0, 0.1) is 0 Å². The van der Waals surface area contributed by atoms with Crippen LogP contribution in [0.1, 0.15) is 30.6 Å². The Kier molecular flexibility index (Phi) is 6.88. The van der Waals surface area contributed by atoms with Crippen LogP contribution in [0.3, 0.4) is 0 Å². The molecule has 1 aliphatic heterocycles. The van der Waals surface area contributed by atoms with E-state index < -0.39 is 24.0 Å². The zero-order valence-corrected chi connectivity index (χ0v) is 15.7. The normalized spacial score (nSPS) is 16.6. The number of carbonyl (C=O) groups is 3. The molecule has 1 aromatic rings. The van der Waals surface area contributed by atoms with Crippen molar-refractivity contribution in [1.29, 1.82) is 0 Å². The Balaban J connectivity index is 2.21. The first-order valence-corrected chi connectivity index (χ1v) is 8.72. The second-order valence-corrected chi connectivity index (χ2v) is 6.19. The van der Waals surface area contributed by atoms with Crippen molar-refractivity contribution in [2.24, 2.45) is 0 Å². The van der Waals surface area contributed by atoms with E-state index in [-0.39, 0.29) is 35.1 Å². The number of hydrogen-bond donors (Lipinski definition) is 2. The molecule has 0 fully saturated rings. The van der Waals surface area contributed by atoms with E-state index in [1.54, 1.807) is 6.92 Å². The molecule has 0 saturated carbocycles. The average molecular weight is 401 g/mol. The van der Waals surface area contributed by atoms with Crippen molar-refractivity contribution in [1.82, 2.24) is 10.6 Å². The minimum atomic E-state index is -0.667. The van der Waals surface area contributed by atoms with Crippen molar-refractivity contribution in [3.63, 3.8) is 0 Å². The number of rotatable bonds is 6. The molecule has 0 radical (unpaired) electrons. The lowest BCUT2D eigenvalue weighted by Crippen LogP contribution is -2.51. The van der Waals surface area contributed by atoms with E-state index in [1.165, 1.54) is 18.2 Å². The summed E-state index contributed by atoms with van der Waals surface area (Å²) in [5.41, 5.74) is 0.619. The summed E-state index contributed by atoms with van der Waals surface area (Å²) >= 11 is 11.7. The summed E-state index contributed by atoms with van der Waals surface area (Å²) in [6, 6.07) is 3.31. The van der Waals surface area contributed by atoms with Crippen molar-refractivity contribution >= 4 is 41.2 Å². The van der Waals surface area contributed by atoms with Crippen LogP contribution >= 0.6 is 23.2 Å². The van der Waals surface area contributed by atoms with Gasteiger partial charge in [-0.3, -0.25) is 0 Å². The van der Waals surface area contributed by atoms with Gasteiger partial charge in [-0.1, -0.05) is 30.1 Å². The Morgan fingerprint density at radius 3 is 2.46 bits per heavy atom. The molecule has 26 heavy (non-hydrogen) atoms. The zero-order valence-electron chi connectivity index (χ0n) is 14.2. The van der Waals surface area contributed by atoms with Crippen LogP contribution in [-0.4, -0.2) is 37.2 Å². The molecule has 1 aromatic carbocycles. The van der Waals surface area contributed by atoms with Crippen LogP contribution in [0.25, 0.3) is 0 Å². The Morgan fingerprint density at radius 1 is 1.12 bits per heavy atom. The van der Waals surface area contributed by atoms with Gasteiger partial charge < -0.3 is 20.1 Å². The van der Waals surface area contributed by atoms with Gasteiger partial charge >= 0.3 is 18.0 Å². The summed E-state index contributed by atoms with van der Waals surface area (Å²) in [5.74, 6) is -1.24. The Bertz CT molecular complexity index is 764. The average Bonchev–Trinajstić information content (AvgIpc) is 2.61. The molecule has 0 spiro atoms. The minimum absolute atomic E-state index is 0.184. The Labute approximate surface area is 160 Å². The number of carbonyl (C=O) groups excluding carboxylic acids is 3. The lowest BCUT2D eigenvalue weighted by atomic mass is 10.0. The molecular weight excluding hydrogens is 383 g/mol. The lowest BCUT2D eigenvalue weighted by molar-refractivity contribution is -0.139. The van der Waals surface area contributed by atoms with Gasteiger partial charge in [-0.15, -0.1) is 0 Å². The van der Waals surface area contributed by atoms with Crippen molar-refractivity contribution in [3.8, 4) is 0 Å². The summed E-state index contributed by atoms with van der Waals surface area (Å²) in [6.45, 7) is 3.38. The van der Waals surface area contributed by atoms with Crippen molar-refractivity contribution in [3.05, 3.63) is 45.1 Å². The largest absolute Gasteiger partial charge is 0.463 e. The second kappa shape index (κ2) is 8.91. The Morgan fingerprint density at radius 2 is 1.85 bits per heavy atom. The maximum atomic E-state index is 12.2. The van der Waals surface area contributed by atoms with Gasteiger partial charge in [-0.25, -0.2) is 14.4 Å². The number of ether oxygens (including phenoxy) is 2. The maximum Gasteiger partial charge on any atom is 0.338 e. The van der Waals surface area contributed by atoms with Gasteiger partial charge in [0.05, 0.1) is 39.5 Å². The quantitative estimate of drug-likeness (QED) is 0.715. The first-order valence-electron chi connectivity index (χ1n) is 7.97. The molecule has 2 amide bonds. The summed E-state index contributed by atoms with van der Waals surface area (Å²) in [6.07, 6.45) is 0.478. The number of nitrogens with one attached hydrogen (secondary N) is 2. The highest BCUT2D eigenvalue weighted by molar-refractivity contribution is 6.42. The summed E-state index contributed by atoms with van der Waals surface area (Å²) in [5, 5.41) is 5.67. The molecule has 0 saturated heterocycles. The van der Waals surface area contributed by atoms with Crippen LogP contribution in [0.5, 0.6) is 0 Å². The molecule has 7 nitrogen and oxygen atoms in total. The van der Waals surface area contributed by atoms with Gasteiger partial charge in [-0.2, -0.15) is 0 Å². The molecule has 0 aromatic heterocycles. The third-order valence-electron chi connectivity index (χ3n) is 3.65. The fraction of sp³-hybridized carbons (Fsp3) is 0.353. The molecule has 9 heteroatoms. The third kappa shape index (κ3) is 4.68. The predicted molar refractivity (Wildman–Crippen MR) is 96.1 cm³/mol. The lowest BCUT2D eigenvalue weighted by Gasteiger charge is -2.28. The van der Waals surface area contributed by atoms with E-state index in [1.807, 2.05) is 6.92 Å². The molecule has 1 aliphatic rings. The number of urea groups is 1. The first kappa shape index (κ1) is 20.1. The van der Waals surface area contributed by atoms with Gasteiger partial charge in [0.1, 0.15) is 6.61 Å². The number of benzene rings is 1. The number of hydrogen-bond acceptors (Lipinski definition) is 5. The highest BCUT2D eigenvalue weighted by atomic mass is 35.5. The maximum absolute atomic E-state index is 12.2. The first-order chi connectivity index (χ1) is 12.4. The molecule has 0 bridgehead atoms. The number of halogens is 2. The molecule has 1 heterocycles. The molecule has 0 aliphatic carbocycles. The van der Waals surface area contributed by atoms with Gasteiger partial charge in [-0.05, 0) is 31.5 Å². The summed E-state index contributed by atoms with van der Waals surface area (Å²) in [4.78, 5) is 36.2. The number of amides is 2. The molecular formula is C17H18Cl2N2O5. The van der Waals surface area contributed by atoms with Gasteiger partial charge in [0.15, 0.2) is 0 Å². The van der Waals surface area contributed by atoms with Crippen LogP contribution in [-0.2, 0) is 14.3 Å². The van der Waals surface area contributed by atoms with Crippen LogP contribution in [0.4, 0.5) is 4.79 Å². The fourth-order valence-electron chi connectivity index (χ4n) is 2.42. The van der Waals surface area contributed by atoms with Crippen LogP contribution in [0.2, 0.25) is 10.0 Å². The van der Waals surface area contributed by atoms with Crippen LogP contribution < -0.4 is 10.6 Å². The molecule has 1 atom stereocenters. The topological polar surface area (TPSA) is 93.7 Å². The Hall–Kier alpha value is -2.25. The fourth-order valence-corrected chi connectivity index (χ4v) is 2.72. The van der Waals surface area contributed by atoms with Gasteiger partial charge in [0, 0.05) is 0 Å². The SMILES string of the molecule is CCOC(=O)C1=C(COC(=O)c2ccc(Cl)c(Cl)c2)NC(=O)N[C@@H]1CC. The van der Waals surface area contributed by atoms with E-state index in [0.717, 1.165) is 0 Å². The molecule has 2 rings (SSSR count). The summed E-state index contributed by atoms with van der Waals surface area (Å²) in [7, 11) is 0. The van der Waals surface area contributed by atoms with E-state index in [4.69, 9.17) is 32.7 Å². The standard InChI is InChI=1S/C17H18Cl2N2O5/c1-3-12-14(16(23)25-4-2)13(21-17(24)20-12)8-26-15(22)9-5-6-10(18)11(19)7-9/h5-7,12H,3-4,8H2,1-2H3,(H2,20,21,24)/t12-/m1/s1. The van der Waals surface area contributed by atoms with Gasteiger partial charge in [0.2, 0.25) is 0 Å². The van der Waals surface area contributed by atoms with Gasteiger partial charge in [0.25, 0.3) is 0 Å². The molecule has 140 valence electrons. The van der Waals surface area contributed by atoms with Crippen molar-refractivity contribution in [2.45, 2.75) is 26.3 Å². The van der Waals surface area contributed by atoms with E-state index >= 15 is 0 Å².